The SMILES string of the molecule is CC(C)C1SCC(C(=O)O)N1C(=O)N(C)CC(=O)N(C)C. The van der Waals surface area contributed by atoms with Crippen LogP contribution in [0.25, 0.3) is 0 Å². The topological polar surface area (TPSA) is 81.2 Å². The molecule has 0 radical (unpaired) electrons. The van der Waals surface area contributed by atoms with E-state index >= 15 is 0 Å². The fraction of sp³-hybridized carbons (Fsp3) is 0.769. The van der Waals surface area contributed by atoms with Crippen LogP contribution in [-0.4, -0.2) is 82.6 Å². The molecule has 0 bridgehead atoms. The molecule has 0 aliphatic carbocycles. The molecule has 0 aromatic carbocycles. The molecule has 1 N–H and O–H groups in total. The molecule has 2 unspecified atom stereocenters. The number of aliphatic carboxylic acids is 1. The van der Waals surface area contributed by atoms with E-state index in [0.717, 1.165) is 0 Å². The highest BCUT2D eigenvalue weighted by Gasteiger charge is 2.44. The van der Waals surface area contributed by atoms with Gasteiger partial charge in [0.05, 0.1) is 5.37 Å². The standard InChI is InChI=1S/C13H23N3O4S/c1-8(2)11-16(9(7-21-11)12(18)19)13(20)15(5)6-10(17)14(3)4/h8-9,11H,6-7H2,1-5H3,(H,18,19). The lowest BCUT2D eigenvalue weighted by Crippen LogP contribution is -2.53. The van der Waals surface area contributed by atoms with Gasteiger partial charge in [-0.25, -0.2) is 9.59 Å². The van der Waals surface area contributed by atoms with Gasteiger partial charge in [0.25, 0.3) is 0 Å². The molecule has 0 aromatic heterocycles. The highest BCUT2D eigenvalue weighted by atomic mass is 32.2. The average molecular weight is 317 g/mol. The molecule has 21 heavy (non-hydrogen) atoms. The van der Waals surface area contributed by atoms with Gasteiger partial charge >= 0.3 is 12.0 Å². The average Bonchev–Trinajstić information content (AvgIpc) is 2.82. The maximum absolute atomic E-state index is 12.5. The van der Waals surface area contributed by atoms with Crippen LogP contribution in [-0.2, 0) is 9.59 Å². The molecule has 1 aliphatic rings. The summed E-state index contributed by atoms with van der Waals surface area (Å²) in [5.74, 6) is -0.697. The van der Waals surface area contributed by atoms with Crippen molar-refractivity contribution in [3.63, 3.8) is 0 Å². The van der Waals surface area contributed by atoms with E-state index in [0.29, 0.717) is 5.75 Å². The Morgan fingerprint density at radius 3 is 2.29 bits per heavy atom. The number of hydrogen-bond acceptors (Lipinski definition) is 4. The first-order valence-electron chi connectivity index (χ1n) is 6.74. The number of rotatable bonds is 4. The largest absolute Gasteiger partial charge is 0.480 e. The van der Waals surface area contributed by atoms with Crippen LogP contribution >= 0.6 is 11.8 Å². The number of likely N-dealkylation sites (N-methyl/N-ethyl adjacent to an activating group) is 2. The van der Waals surface area contributed by atoms with E-state index in [1.165, 1.54) is 33.5 Å². The van der Waals surface area contributed by atoms with Gasteiger partial charge in [-0.3, -0.25) is 9.69 Å². The van der Waals surface area contributed by atoms with Gasteiger partial charge in [0.1, 0.15) is 12.6 Å². The Balaban J connectivity index is 2.88. The Morgan fingerprint density at radius 2 is 1.86 bits per heavy atom. The third kappa shape index (κ3) is 4.03. The summed E-state index contributed by atoms with van der Waals surface area (Å²) < 4.78 is 0. The van der Waals surface area contributed by atoms with Crippen LogP contribution in [0.3, 0.4) is 0 Å². The first kappa shape index (κ1) is 17.6. The minimum atomic E-state index is -1.01. The molecule has 1 rings (SSSR count). The molecule has 120 valence electrons. The zero-order valence-corrected chi connectivity index (χ0v) is 13.9. The van der Waals surface area contributed by atoms with Gasteiger partial charge in [-0.2, -0.15) is 0 Å². The van der Waals surface area contributed by atoms with Crippen LogP contribution in [0.4, 0.5) is 4.79 Å². The van der Waals surface area contributed by atoms with Crippen molar-refractivity contribution in [3.8, 4) is 0 Å². The zero-order chi connectivity index (χ0) is 16.3. The molecule has 1 saturated heterocycles. The third-order valence-corrected chi connectivity index (χ3v) is 4.93. The predicted molar refractivity (Wildman–Crippen MR) is 81.1 cm³/mol. The van der Waals surface area contributed by atoms with Gasteiger partial charge < -0.3 is 14.9 Å². The lowest BCUT2D eigenvalue weighted by molar-refractivity contribution is -0.141. The van der Waals surface area contributed by atoms with Crippen molar-refractivity contribution in [2.24, 2.45) is 5.92 Å². The van der Waals surface area contributed by atoms with Crippen molar-refractivity contribution in [3.05, 3.63) is 0 Å². The summed E-state index contributed by atoms with van der Waals surface area (Å²) in [7, 11) is 4.75. The maximum Gasteiger partial charge on any atom is 0.327 e. The van der Waals surface area contributed by atoms with Gasteiger partial charge in [-0.05, 0) is 5.92 Å². The number of carboxylic acid groups (broad SMARTS) is 1. The monoisotopic (exact) mass is 317 g/mol. The highest BCUT2D eigenvalue weighted by molar-refractivity contribution is 8.00. The van der Waals surface area contributed by atoms with Gasteiger partial charge in [0.15, 0.2) is 0 Å². The quantitative estimate of drug-likeness (QED) is 0.821. The Labute approximate surface area is 129 Å². The number of amides is 3. The molecule has 0 spiro atoms. The molecule has 0 saturated carbocycles. The fourth-order valence-corrected chi connectivity index (χ4v) is 3.55. The van der Waals surface area contributed by atoms with E-state index in [2.05, 4.69) is 0 Å². The number of thioether (sulfide) groups is 1. The van der Waals surface area contributed by atoms with Crippen molar-refractivity contribution < 1.29 is 19.5 Å². The van der Waals surface area contributed by atoms with E-state index in [1.54, 1.807) is 14.1 Å². The van der Waals surface area contributed by atoms with Crippen molar-refractivity contribution >= 4 is 29.7 Å². The second-order valence-electron chi connectivity index (χ2n) is 5.66. The molecule has 1 heterocycles. The van der Waals surface area contributed by atoms with Crippen molar-refractivity contribution in [1.29, 1.82) is 0 Å². The Hall–Kier alpha value is -1.44. The first-order valence-corrected chi connectivity index (χ1v) is 7.79. The van der Waals surface area contributed by atoms with Crippen LogP contribution in [0.15, 0.2) is 0 Å². The summed E-state index contributed by atoms with van der Waals surface area (Å²) in [5.41, 5.74) is 0. The van der Waals surface area contributed by atoms with Crippen molar-refractivity contribution in [2.75, 3.05) is 33.4 Å². The van der Waals surface area contributed by atoms with Crippen molar-refractivity contribution in [1.82, 2.24) is 14.7 Å². The summed E-state index contributed by atoms with van der Waals surface area (Å²) in [4.78, 5) is 39.6. The van der Waals surface area contributed by atoms with Crippen LogP contribution in [0.5, 0.6) is 0 Å². The maximum atomic E-state index is 12.5. The van der Waals surface area contributed by atoms with Gasteiger partial charge in [0.2, 0.25) is 5.91 Å². The number of carbonyl (C=O) groups is 3. The number of nitrogens with zero attached hydrogens (tertiary/aromatic N) is 3. The van der Waals surface area contributed by atoms with Crippen LogP contribution in [0.1, 0.15) is 13.8 Å². The van der Waals surface area contributed by atoms with E-state index in [9.17, 15) is 19.5 Å². The summed E-state index contributed by atoms with van der Waals surface area (Å²) in [6.07, 6.45) is 0. The lowest BCUT2D eigenvalue weighted by Gasteiger charge is -2.33. The predicted octanol–water partition coefficient (Wildman–Crippen LogP) is 0.611. The van der Waals surface area contributed by atoms with E-state index in [-0.39, 0.29) is 23.7 Å². The molecule has 1 aliphatic heterocycles. The summed E-state index contributed by atoms with van der Waals surface area (Å²) in [6.45, 7) is 3.84. The smallest absolute Gasteiger partial charge is 0.327 e. The minimum absolute atomic E-state index is 0.0653. The van der Waals surface area contributed by atoms with E-state index < -0.39 is 18.0 Å². The van der Waals surface area contributed by atoms with Crippen molar-refractivity contribution in [2.45, 2.75) is 25.3 Å². The van der Waals surface area contributed by atoms with Crippen LogP contribution in [0.2, 0.25) is 0 Å². The highest BCUT2D eigenvalue weighted by Crippen LogP contribution is 2.34. The number of carbonyl (C=O) groups excluding carboxylic acids is 2. The third-order valence-electron chi connectivity index (χ3n) is 3.31. The number of hydrogen-bond donors (Lipinski definition) is 1. The summed E-state index contributed by atoms with van der Waals surface area (Å²) in [5, 5.41) is 9.10. The second-order valence-corrected chi connectivity index (χ2v) is 6.81. The molecule has 8 heteroatoms. The zero-order valence-electron chi connectivity index (χ0n) is 13.1. The minimum Gasteiger partial charge on any atom is -0.480 e. The van der Waals surface area contributed by atoms with E-state index in [4.69, 9.17) is 0 Å². The molecule has 2 atom stereocenters. The molecule has 0 aromatic rings. The normalized spacial score (nSPS) is 21.5. The lowest BCUT2D eigenvalue weighted by atomic mass is 10.1. The summed E-state index contributed by atoms with van der Waals surface area (Å²) in [6, 6.07) is -1.26. The molecular weight excluding hydrogens is 294 g/mol. The second kappa shape index (κ2) is 7.02. The summed E-state index contributed by atoms with van der Waals surface area (Å²) >= 11 is 1.47. The Bertz CT molecular complexity index is 428. The van der Waals surface area contributed by atoms with Crippen LogP contribution in [0, 0.1) is 5.92 Å². The Morgan fingerprint density at radius 1 is 1.29 bits per heavy atom. The molecule has 3 amide bonds. The first-order chi connectivity index (χ1) is 9.66. The Kier molecular flexibility index (Phi) is 5.88. The number of urea groups is 1. The molecular formula is C13H23N3O4S. The van der Waals surface area contributed by atoms with Crippen LogP contribution < -0.4 is 0 Å². The molecule has 7 nitrogen and oxygen atoms in total. The molecule has 1 fully saturated rings. The van der Waals surface area contributed by atoms with Gasteiger partial charge in [-0.15, -0.1) is 11.8 Å². The van der Waals surface area contributed by atoms with Gasteiger partial charge in [-0.1, -0.05) is 13.8 Å². The van der Waals surface area contributed by atoms with Gasteiger partial charge in [0, 0.05) is 26.9 Å². The number of carboxylic acids is 1. The van der Waals surface area contributed by atoms with E-state index in [1.807, 2.05) is 13.8 Å². The fourth-order valence-electron chi connectivity index (χ4n) is 2.08.